The van der Waals surface area contributed by atoms with Crippen molar-refractivity contribution >= 4 is 29.4 Å². The molecule has 8 nitrogen and oxygen atoms in total. The number of urea groups is 1. The summed E-state index contributed by atoms with van der Waals surface area (Å²) in [5.41, 5.74) is 0.852. The van der Waals surface area contributed by atoms with Gasteiger partial charge >= 0.3 is 6.03 Å². The second kappa shape index (κ2) is 7.98. The Labute approximate surface area is 143 Å². The maximum atomic E-state index is 11.7. The quantitative estimate of drug-likeness (QED) is 0.599. The molecule has 0 aliphatic carbocycles. The van der Waals surface area contributed by atoms with E-state index in [9.17, 15) is 19.5 Å². The number of nitrogens with one attached hydrogen (secondary N) is 2. The Bertz CT molecular complexity index is 636. The molecule has 1 aromatic carbocycles. The number of benzene rings is 1. The van der Waals surface area contributed by atoms with E-state index in [0.717, 1.165) is 10.5 Å². The Morgan fingerprint density at radius 2 is 2.25 bits per heavy atom. The maximum absolute atomic E-state index is 11.7. The Kier molecular flexibility index (Phi) is 5.99. The Hall–Kier alpha value is -2.32. The van der Waals surface area contributed by atoms with Gasteiger partial charge in [-0.15, -0.1) is 0 Å². The van der Waals surface area contributed by atoms with E-state index in [0.29, 0.717) is 10.8 Å². The molecule has 4 amide bonds. The van der Waals surface area contributed by atoms with Crippen LogP contribution in [0.4, 0.5) is 4.79 Å². The molecule has 0 radical (unpaired) electrons. The van der Waals surface area contributed by atoms with Gasteiger partial charge < -0.3 is 20.5 Å². The molecule has 1 atom stereocenters. The van der Waals surface area contributed by atoms with Crippen LogP contribution in [0.3, 0.4) is 0 Å². The van der Waals surface area contributed by atoms with Crippen molar-refractivity contribution in [3.8, 4) is 5.75 Å². The standard InChI is InChI=1S/C15H18ClN3O5/c1-9-4-11(2-3-12(9)16)24-8-10(20)5-17-13(21)7-19-14(22)6-18-15(19)23/h2-4,10,20H,5-8H2,1H3,(H,17,21)(H,18,23)/t10-/m1/s1. The summed E-state index contributed by atoms with van der Waals surface area (Å²) in [5.74, 6) is -0.444. The molecule has 0 spiro atoms. The zero-order valence-electron chi connectivity index (χ0n) is 13.0. The Balaban J connectivity index is 1.71. The number of aliphatic hydroxyl groups excluding tert-OH is 1. The average Bonchev–Trinajstić information content (AvgIpc) is 2.86. The van der Waals surface area contributed by atoms with Crippen LogP contribution in [0.1, 0.15) is 5.56 Å². The third-order valence-electron chi connectivity index (χ3n) is 3.35. The number of carbonyl (C=O) groups is 3. The van der Waals surface area contributed by atoms with Crippen LogP contribution < -0.4 is 15.4 Å². The molecule has 1 aliphatic rings. The van der Waals surface area contributed by atoms with Gasteiger partial charge in [-0.3, -0.25) is 14.5 Å². The predicted molar refractivity (Wildman–Crippen MR) is 85.8 cm³/mol. The van der Waals surface area contributed by atoms with Crippen LogP contribution >= 0.6 is 11.6 Å². The summed E-state index contributed by atoms with van der Waals surface area (Å²) in [5, 5.41) is 15.2. The molecule has 1 heterocycles. The fourth-order valence-electron chi connectivity index (χ4n) is 2.00. The largest absolute Gasteiger partial charge is 0.491 e. The first-order valence-electron chi connectivity index (χ1n) is 7.28. The highest BCUT2D eigenvalue weighted by Gasteiger charge is 2.30. The van der Waals surface area contributed by atoms with Crippen LogP contribution in [0.5, 0.6) is 5.75 Å². The number of carbonyl (C=O) groups excluding carboxylic acids is 3. The highest BCUT2D eigenvalue weighted by Crippen LogP contribution is 2.21. The van der Waals surface area contributed by atoms with Gasteiger partial charge in [0.05, 0.1) is 6.54 Å². The topological polar surface area (TPSA) is 108 Å². The van der Waals surface area contributed by atoms with E-state index in [1.807, 2.05) is 6.92 Å². The summed E-state index contributed by atoms with van der Waals surface area (Å²) < 4.78 is 5.41. The number of hydrogen-bond acceptors (Lipinski definition) is 5. The summed E-state index contributed by atoms with van der Waals surface area (Å²) in [7, 11) is 0. The predicted octanol–water partition coefficient (Wildman–Crippen LogP) is 0.0561. The van der Waals surface area contributed by atoms with Crippen LogP contribution in [0, 0.1) is 6.92 Å². The third-order valence-corrected chi connectivity index (χ3v) is 3.77. The van der Waals surface area contributed by atoms with Crippen LogP contribution in [-0.2, 0) is 9.59 Å². The highest BCUT2D eigenvalue weighted by molar-refractivity contribution is 6.31. The van der Waals surface area contributed by atoms with Crippen molar-refractivity contribution in [2.75, 3.05) is 26.2 Å². The van der Waals surface area contributed by atoms with Crippen molar-refractivity contribution < 1.29 is 24.2 Å². The number of rotatable bonds is 7. The van der Waals surface area contributed by atoms with Gasteiger partial charge in [-0.25, -0.2) is 4.79 Å². The fraction of sp³-hybridized carbons (Fsp3) is 0.400. The summed E-state index contributed by atoms with van der Waals surface area (Å²) in [6.45, 7) is 1.26. The number of amides is 4. The lowest BCUT2D eigenvalue weighted by Crippen LogP contribution is -2.43. The number of halogens is 1. The van der Waals surface area contributed by atoms with Crippen LogP contribution in [0.25, 0.3) is 0 Å². The van der Waals surface area contributed by atoms with Gasteiger partial charge in [-0.05, 0) is 30.7 Å². The number of nitrogens with zero attached hydrogens (tertiary/aromatic N) is 1. The lowest BCUT2D eigenvalue weighted by Gasteiger charge is -2.15. The summed E-state index contributed by atoms with van der Waals surface area (Å²) in [6.07, 6.45) is -0.937. The van der Waals surface area contributed by atoms with Crippen molar-refractivity contribution in [2.45, 2.75) is 13.0 Å². The average molecular weight is 356 g/mol. The molecule has 1 fully saturated rings. The fourth-order valence-corrected chi connectivity index (χ4v) is 2.12. The van der Waals surface area contributed by atoms with Gasteiger partial charge in [0.15, 0.2) is 0 Å². The molecule has 3 N–H and O–H groups in total. The van der Waals surface area contributed by atoms with Crippen molar-refractivity contribution in [3.05, 3.63) is 28.8 Å². The number of aryl methyl sites for hydroxylation is 1. The van der Waals surface area contributed by atoms with Gasteiger partial charge in [0.25, 0.3) is 5.91 Å². The molecule has 0 aromatic heterocycles. The molecular formula is C15H18ClN3O5. The maximum Gasteiger partial charge on any atom is 0.325 e. The molecule has 0 saturated carbocycles. The van der Waals surface area contributed by atoms with Gasteiger partial charge in [0.2, 0.25) is 5.91 Å². The summed E-state index contributed by atoms with van der Waals surface area (Å²) >= 11 is 5.91. The first-order valence-corrected chi connectivity index (χ1v) is 7.66. The molecule has 1 saturated heterocycles. The molecule has 130 valence electrons. The number of hydrogen-bond donors (Lipinski definition) is 3. The van der Waals surface area contributed by atoms with E-state index in [2.05, 4.69) is 10.6 Å². The first-order chi connectivity index (χ1) is 11.4. The molecule has 2 rings (SSSR count). The second-order valence-corrected chi connectivity index (χ2v) is 5.73. The SMILES string of the molecule is Cc1cc(OC[C@H](O)CNC(=O)CN2C(=O)CNC2=O)ccc1Cl. The molecule has 0 bridgehead atoms. The second-order valence-electron chi connectivity index (χ2n) is 5.32. The minimum Gasteiger partial charge on any atom is -0.491 e. The molecular weight excluding hydrogens is 338 g/mol. The number of imide groups is 1. The zero-order valence-corrected chi connectivity index (χ0v) is 13.8. The van der Waals surface area contributed by atoms with Crippen molar-refractivity contribution in [1.82, 2.24) is 15.5 Å². The molecule has 1 aromatic rings. The summed E-state index contributed by atoms with van der Waals surface area (Å²) in [6, 6.07) is 4.51. The van der Waals surface area contributed by atoms with E-state index in [1.165, 1.54) is 0 Å². The lowest BCUT2D eigenvalue weighted by atomic mass is 10.2. The smallest absolute Gasteiger partial charge is 0.325 e. The number of ether oxygens (including phenoxy) is 1. The van der Waals surface area contributed by atoms with E-state index < -0.39 is 23.9 Å². The molecule has 9 heteroatoms. The minimum absolute atomic E-state index is 0.0233. The lowest BCUT2D eigenvalue weighted by molar-refractivity contribution is -0.130. The van der Waals surface area contributed by atoms with Crippen LogP contribution in [-0.4, -0.2) is 60.2 Å². The highest BCUT2D eigenvalue weighted by atomic mass is 35.5. The normalized spacial score (nSPS) is 15.2. The van der Waals surface area contributed by atoms with E-state index >= 15 is 0 Å². The Morgan fingerprint density at radius 3 is 2.88 bits per heavy atom. The molecule has 0 unspecified atom stereocenters. The van der Waals surface area contributed by atoms with Gasteiger partial charge in [0, 0.05) is 11.6 Å². The van der Waals surface area contributed by atoms with E-state index in [1.54, 1.807) is 18.2 Å². The Morgan fingerprint density at radius 1 is 1.50 bits per heavy atom. The van der Waals surface area contributed by atoms with Crippen molar-refractivity contribution in [3.63, 3.8) is 0 Å². The van der Waals surface area contributed by atoms with E-state index in [4.69, 9.17) is 16.3 Å². The van der Waals surface area contributed by atoms with Gasteiger partial charge in [0.1, 0.15) is 25.0 Å². The third kappa shape index (κ3) is 4.84. The van der Waals surface area contributed by atoms with Crippen molar-refractivity contribution in [1.29, 1.82) is 0 Å². The van der Waals surface area contributed by atoms with Crippen LogP contribution in [0.2, 0.25) is 5.02 Å². The van der Waals surface area contributed by atoms with Gasteiger partial charge in [-0.1, -0.05) is 11.6 Å². The van der Waals surface area contributed by atoms with Gasteiger partial charge in [-0.2, -0.15) is 0 Å². The van der Waals surface area contributed by atoms with E-state index in [-0.39, 0.29) is 26.2 Å². The first kappa shape index (κ1) is 18.0. The zero-order chi connectivity index (χ0) is 17.7. The van der Waals surface area contributed by atoms with Crippen LogP contribution in [0.15, 0.2) is 18.2 Å². The minimum atomic E-state index is -0.937. The molecule has 24 heavy (non-hydrogen) atoms. The summed E-state index contributed by atoms with van der Waals surface area (Å²) in [4.78, 5) is 35.2. The number of aliphatic hydroxyl groups is 1. The monoisotopic (exact) mass is 355 g/mol. The molecule has 1 aliphatic heterocycles. The van der Waals surface area contributed by atoms with Crippen molar-refractivity contribution in [2.24, 2.45) is 0 Å².